The Bertz CT molecular complexity index is 591. The smallest absolute Gasteiger partial charge is 0.224 e. The molecule has 3 atom stereocenters. The predicted octanol–water partition coefficient (Wildman–Crippen LogP) is 2.16. The van der Waals surface area contributed by atoms with Gasteiger partial charge in [0.2, 0.25) is 5.91 Å². The topological polar surface area (TPSA) is 105 Å². The number of primary amides is 1. The van der Waals surface area contributed by atoms with Crippen molar-refractivity contribution in [3.63, 3.8) is 0 Å². The third-order valence-corrected chi connectivity index (χ3v) is 4.15. The van der Waals surface area contributed by atoms with E-state index in [1.165, 1.54) is 0 Å². The van der Waals surface area contributed by atoms with Crippen LogP contribution >= 0.6 is 0 Å². The van der Waals surface area contributed by atoms with Crippen LogP contribution in [0.5, 0.6) is 0 Å². The fourth-order valence-corrected chi connectivity index (χ4v) is 2.79. The Morgan fingerprint density at radius 1 is 1.52 bits per heavy atom. The first kappa shape index (κ1) is 15.2. The van der Waals surface area contributed by atoms with Crippen LogP contribution in [0.15, 0.2) is 40.7 Å². The molecule has 3 unspecified atom stereocenters. The predicted molar refractivity (Wildman–Crippen MR) is 87.0 cm³/mol. The molecule has 0 bridgehead atoms. The van der Waals surface area contributed by atoms with Gasteiger partial charge in [-0.25, -0.2) is 0 Å². The van der Waals surface area contributed by atoms with Gasteiger partial charge in [0, 0.05) is 36.4 Å². The Morgan fingerprint density at radius 3 is 2.86 bits per heavy atom. The van der Waals surface area contributed by atoms with E-state index in [1.54, 1.807) is 18.4 Å². The molecule has 1 fully saturated rings. The highest BCUT2D eigenvalue weighted by molar-refractivity contribution is 6.11. The summed E-state index contributed by atoms with van der Waals surface area (Å²) >= 11 is 0. The van der Waals surface area contributed by atoms with Crippen molar-refractivity contribution in [3.8, 4) is 0 Å². The summed E-state index contributed by atoms with van der Waals surface area (Å²) in [5.74, 6) is -0.454. The number of carbonyl (C=O) groups excluding carboxylic acids is 1. The molecule has 0 aromatic rings. The van der Waals surface area contributed by atoms with E-state index in [9.17, 15) is 4.79 Å². The van der Waals surface area contributed by atoms with Gasteiger partial charge in [-0.1, -0.05) is 32.1 Å². The van der Waals surface area contributed by atoms with Gasteiger partial charge < -0.3 is 16.9 Å². The Kier molecular flexibility index (Phi) is 4.11. The molecule has 2 aliphatic carbocycles. The number of amides is 1. The molecule has 0 radical (unpaired) electrons. The summed E-state index contributed by atoms with van der Waals surface area (Å²) in [6.45, 7) is 4.00. The molecule has 5 N–H and O–H groups in total. The van der Waals surface area contributed by atoms with Gasteiger partial charge >= 0.3 is 0 Å². The Morgan fingerprint density at radius 2 is 2.24 bits per heavy atom. The lowest BCUT2D eigenvalue weighted by Gasteiger charge is -2.23. The molecular formula is C16H24N4O. The third-order valence-electron chi connectivity index (χ3n) is 4.15. The van der Waals surface area contributed by atoms with Gasteiger partial charge in [0.25, 0.3) is 0 Å². The zero-order valence-electron chi connectivity index (χ0n) is 12.5. The number of hydrogen-bond donors (Lipinski definition) is 3. The number of nitrogens with one attached hydrogen (secondary N) is 1. The van der Waals surface area contributed by atoms with Crippen LogP contribution in [0.4, 0.5) is 0 Å². The highest BCUT2D eigenvalue weighted by Gasteiger charge is 2.56. The molecule has 0 spiro atoms. The van der Waals surface area contributed by atoms with Gasteiger partial charge in [-0.15, -0.1) is 0 Å². The first-order chi connectivity index (χ1) is 10.0. The lowest BCUT2D eigenvalue weighted by atomic mass is 9.84. The number of rotatable bonds is 3. The Labute approximate surface area is 126 Å². The number of allylic oxidation sites excluding steroid dienone is 3. The molecule has 21 heavy (non-hydrogen) atoms. The van der Waals surface area contributed by atoms with Crippen molar-refractivity contribution in [1.29, 1.82) is 5.41 Å². The van der Waals surface area contributed by atoms with E-state index in [0.717, 1.165) is 6.42 Å². The zero-order valence-corrected chi connectivity index (χ0v) is 12.5. The maximum Gasteiger partial charge on any atom is 0.224 e. The summed E-state index contributed by atoms with van der Waals surface area (Å²) in [7, 11) is 0. The van der Waals surface area contributed by atoms with Gasteiger partial charge in [0.1, 0.15) is 0 Å². The average Bonchev–Trinajstić information content (AvgIpc) is 3.24. The molecule has 1 aliphatic heterocycles. The molecule has 0 saturated heterocycles. The number of nitrogens with two attached hydrogens (primary N) is 2. The second-order valence-electron chi connectivity index (χ2n) is 5.32. The average molecular weight is 288 g/mol. The Hall–Kier alpha value is -2.17. The molecule has 3 rings (SSSR count). The lowest BCUT2D eigenvalue weighted by molar-refractivity contribution is -0.120. The minimum atomic E-state index is -0.375. The van der Waals surface area contributed by atoms with E-state index in [-0.39, 0.29) is 24.6 Å². The molecule has 0 aromatic heterocycles. The van der Waals surface area contributed by atoms with Crippen LogP contribution in [0.2, 0.25) is 0 Å². The lowest BCUT2D eigenvalue weighted by Crippen LogP contribution is -2.29. The fourth-order valence-electron chi connectivity index (χ4n) is 2.79. The minimum absolute atomic E-state index is 0. The van der Waals surface area contributed by atoms with Crippen molar-refractivity contribution in [3.05, 3.63) is 35.7 Å². The van der Waals surface area contributed by atoms with E-state index < -0.39 is 0 Å². The second-order valence-corrected chi connectivity index (χ2v) is 5.32. The van der Waals surface area contributed by atoms with Gasteiger partial charge in [0.15, 0.2) is 0 Å². The SMILES string of the molecule is CC.N=C(C1=CC(C(N)=O)CC=C1N)C12C=CN=CC1C2.[HH]. The van der Waals surface area contributed by atoms with Crippen molar-refractivity contribution >= 4 is 17.8 Å². The van der Waals surface area contributed by atoms with Gasteiger partial charge in [-0.05, 0) is 12.8 Å². The van der Waals surface area contributed by atoms with Crippen molar-refractivity contribution in [2.24, 2.45) is 33.7 Å². The quantitative estimate of drug-likeness (QED) is 0.692. The standard InChI is InChI=1S/C14H16N4O.C2H6.H2/c15-11-2-1-8(13(17)19)5-10(11)12(16)14-3-4-18-7-9(14)6-14;1-2;/h2-5,7-9,16H,1,6,15H2,(H2,17,19);1-2H3;1H. The summed E-state index contributed by atoms with van der Waals surface area (Å²) in [6, 6.07) is 0. The highest BCUT2D eigenvalue weighted by atomic mass is 16.1. The molecule has 114 valence electrons. The molecule has 5 nitrogen and oxygen atoms in total. The Balaban J connectivity index is 0.000000775. The summed E-state index contributed by atoms with van der Waals surface area (Å²) in [6.07, 6.45) is 10.5. The minimum Gasteiger partial charge on any atom is -0.398 e. The van der Waals surface area contributed by atoms with E-state index in [4.69, 9.17) is 16.9 Å². The zero-order chi connectivity index (χ0) is 15.6. The van der Waals surface area contributed by atoms with Crippen LogP contribution in [0.1, 0.15) is 28.1 Å². The molecule has 5 heteroatoms. The molecule has 1 saturated carbocycles. The van der Waals surface area contributed by atoms with Crippen molar-refractivity contribution in [2.75, 3.05) is 0 Å². The van der Waals surface area contributed by atoms with Gasteiger partial charge in [-0.2, -0.15) is 0 Å². The fraction of sp³-hybridized carbons (Fsp3) is 0.438. The van der Waals surface area contributed by atoms with Crippen LogP contribution in [0.25, 0.3) is 0 Å². The molecule has 3 aliphatic rings. The van der Waals surface area contributed by atoms with E-state index in [1.807, 2.05) is 26.1 Å². The van der Waals surface area contributed by atoms with Crippen LogP contribution in [-0.4, -0.2) is 17.8 Å². The summed E-state index contributed by atoms with van der Waals surface area (Å²) in [5, 5.41) is 8.42. The number of hydrogen-bond acceptors (Lipinski definition) is 4. The number of aliphatic imine (C=N–C) groups is 1. The highest BCUT2D eigenvalue weighted by Crippen LogP contribution is 2.56. The molecule has 1 amide bonds. The van der Waals surface area contributed by atoms with Crippen molar-refractivity contribution in [1.82, 2.24) is 0 Å². The molecular weight excluding hydrogens is 264 g/mol. The first-order valence-electron chi connectivity index (χ1n) is 7.32. The summed E-state index contributed by atoms with van der Waals surface area (Å²) < 4.78 is 0. The van der Waals surface area contributed by atoms with E-state index in [2.05, 4.69) is 4.99 Å². The maximum atomic E-state index is 11.3. The number of nitrogens with zero attached hydrogens (tertiary/aromatic N) is 1. The second kappa shape index (κ2) is 5.68. The van der Waals surface area contributed by atoms with E-state index >= 15 is 0 Å². The van der Waals surface area contributed by atoms with Crippen LogP contribution in [-0.2, 0) is 4.79 Å². The third kappa shape index (κ3) is 2.55. The maximum absolute atomic E-state index is 11.3. The van der Waals surface area contributed by atoms with E-state index in [0.29, 0.717) is 23.4 Å². The number of fused-ring (bicyclic) bond motifs is 1. The van der Waals surface area contributed by atoms with Crippen molar-refractivity contribution < 1.29 is 6.22 Å². The monoisotopic (exact) mass is 288 g/mol. The van der Waals surface area contributed by atoms with Crippen LogP contribution < -0.4 is 11.5 Å². The largest absolute Gasteiger partial charge is 0.398 e. The molecule has 0 aromatic carbocycles. The molecule has 1 heterocycles. The van der Waals surface area contributed by atoms with Crippen LogP contribution in [0.3, 0.4) is 0 Å². The van der Waals surface area contributed by atoms with Crippen LogP contribution in [0, 0.1) is 22.7 Å². The van der Waals surface area contributed by atoms with Gasteiger partial charge in [-0.3, -0.25) is 9.79 Å². The van der Waals surface area contributed by atoms with Crippen molar-refractivity contribution in [2.45, 2.75) is 26.7 Å². The number of carbonyl (C=O) groups is 1. The van der Waals surface area contributed by atoms with Gasteiger partial charge in [0.05, 0.1) is 11.6 Å². The summed E-state index contributed by atoms with van der Waals surface area (Å²) in [5.41, 5.74) is 12.7. The normalized spacial score (nSPS) is 32.1. The first-order valence-corrected chi connectivity index (χ1v) is 7.32. The summed E-state index contributed by atoms with van der Waals surface area (Å²) in [4.78, 5) is 15.4.